The van der Waals surface area contributed by atoms with E-state index >= 15 is 0 Å². The van der Waals surface area contributed by atoms with Crippen LogP contribution in [0.1, 0.15) is 0 Å². The van der Waals surface area contributed by atoms with E-state index in [0.29, 0.717) is 4.79 Å². The van der Waals surface area contributed by atoms with Crippen LogP contribution in [0.4, 0.5) is 21.7 Å². The Kier molecular flexibility index (Phi) is 4.24. The molecule has 1 nitrogen and oxygen atoms in total. The van der Waals surface area contributed by atoms with E-state index in [1.165, 1.54) is 12.4 Å². The van der Waals surface area contributed by atoms with Gasteiger partial charge in [0.25, 0.3) is 0 Å². The van der Waals surface area contributed by atoms with E-state index in [1.54, 1.807) is 18.2 Å². The Bertz CT molecular complexity index is 205. The molecule has 0 radical (unpaired) electrons. The molecule has 0 fully saturated rings. The Balaban J connectivity index is 0.000000217. The fourth-order valence-corrected chi connectivity index (χ4v) is 0.378. The fraction of sp³-hybridized carbons (Fsp3) is 0. The highest BCUT2D eigenvalue weighted by atomic mass is 19.5. The molecule has 0 saturated carbocycles. The normalized spacial score (nSPS) is 10.1. The maximum atomic E-state index is 11.8. The van der Waals surface area contributed by atoms with Gasteiger partial charge in [-0.25, -0.2) is 0 Å². The number of pyridine rings is 1. The van der Waals surface area contributed by atoms with Crippen molar-refractivity contribution in [3.63, 3.8) is 0 Å². The van der Waals surface area contributed by atoms with E-state index < -0.39 is 7.25 Å². The summed E-state index contributed by atoms with van der Waals surface area (Å²) in [6.07, 6.45) is 2.67. The third kappa shape index (κ3) is 11.6. The van der Waals surface area contributed by atoms with Crippen LogP contribution in [0.3, 0.4) is 0 Å². The molecule has 0 spiro atoms. The van der Waals surface area contributed by atoms with Crippen molar-refractivity contribution in [1.29, 1.82) is 0 Å². The van der Waals surface area contributed by atoms with Gasteiger partial charge in [0.05, 0.1) is 4.48 Å². The standard InChI is InChI=1S/C5H5FN.BF4/c6-7-4-2-1-3-5-7;2-1(3,4)5/h1-5H;/q+1;-1. The summed E-state index contributed by atoms with van der Waals surface area (Å²) in [5.74, 6) is 0. The van der Waals surface area contributed by atoms with Gasteiger partial charge in [0.2, 0.25) is 12.4 Å². The molecule has 0 unspecified atom stereocenters. The van der Waals surface area contributed by atoms with E-state index in [4.69, 9.17) is 0 Å². The number of rotatable bonds is 0. The zero-order valence-electron chi connectivity index (χ0n) is 5.80. The molecule has 0 aliphatic rings. The second-order valence-electron chi connectivity index (χ2n) is 1.71. The molecule has 0 N–H and O–H groups in total. The van der Waals surface area contributed by atoms with Crippen LogP contribution in [-0.4, -0.2) is 7.25 Å². The highest BCUT2D eigenvalue weighted by Crippen LogP contribution is 2.06. The van der Waals surface area contributed by atoms with Gasteiger partial charge in [-0.1, -0.05) is 6.07 Å². The lowest BCUT2D eigenvalue weighted by Gasteiger charge is -1.94. The minimum atomic E-state index is -6.00. The van der Waals surface area contributed by atoms with Crippen molar-refractivity contribution < 1.29 is 26.5 Å². The highest BCUT2D eigenvalue weighted by Gasteiger charge is 2.20. The van der Waals surface area contributed by atoms with Crippen LogP contribution in [0.15, 0.2) is 30.6 Å². The van der Waals surface area contributed by atoms with Crippen molar-refractivity contribution in [1.82, 2.24) is 0 Å². The Morgan fingerprint density at radius 2 is 1.17 bits per heavy atom. The fourth-order valence-electron chi connectivity index (χ4n) is 0.378. The molecule has 0 amide bonds. The summed E-state index contributed by atoms with van der Waals surface area (Å²) < 4.78 is 50.8. The molecule has 68 valence electrons. The molecule has 1 rings (SSSR count). The molecule has 0 aliphatic heterocycles. The number of nitrogens with zero attached hydrogens (tertiary/aromatic N) is 1. The molecule has 0 aliphatic carbocycles. The summed E-state index contributed by atoms with van der Waals surface area (Å²) in [7, 11) is -6.00. The van der Waals surface area contributed by atoms with E-state index in [9.17, 15) is 21.7 Å². The SMILES string of the molecule is F[B-](F)(F)F.F[n+]1ccccc1. The van der Waals surface area contributed by atoms with Crippen molar-refractivity contribution in [2.75, 3.05) is 0 Å². The quantitative estimate of drug-likeness (QED) is 0.429. The molecule has 7 heteroatoms. The van der Waals surface area contributed by atoms with Gasteiger partial charge < -0.3 is 17.3 Å². The molecule has 0 bridgehead atoms. The van der Waals surface area contributed by atoms with Crippen LogP contribution in [-0.2, 0) is 0 Å². The minimum absolute atomic E-state index is 0.500. The summed E-state index contributed by atoms with van der Waals surface area (Å²) in [6, 6.07) is 5.01. The molecule has 0 aromatic carbocycles. The van der Waals surface area contributed by atoms with Gasteiger partial charge in [-0.05, 0) is 0 Å². The topological polar surface area (TPSA) is 3.88 Å². The summed E-state index contributed by atoms with van der Waals surface area (Å²) in [5.41, 5.74) is 0. The molecule has 0 atom stereocenters. The molecule has 1 heterocycles. The van der Waals surface area contributed by atoms with Gasteiger partial charge in [0.1, 0.15) is 0 Å². The van der Waals surface area contributed by atoms with Crippen LogP contribution in [0.2, 0.25) is 0 Å². The Morgan fingerprint density at radius 3 is 1.33 bits per heavy atom. The van der Waals surface area contributed by atoms with Crippen molar-refractivity contribution in [3.8, 4) is 0 Å². The molecule has 0 saturated heterocycles. The van der Waals surface area contributed by atoms with Crippen LogP contribution in [0, 0.1) is 0 Å². The molecular weight excluding hydrogens is 180 g/mol. The lowest BCUT2D eigenvalue weighted by Crippen LogP contribution is -2.18. The van der Waals surface area contributed by atoms with E-state index in [0.717, 1.165) is 0 Å². The van der Waals surface area contributed by atoms with Gasteiger partial charge in [-0.2, -0.15) is 0 Å². The van der Waals surface area contributed by atoms with Gasteiger partial charge in [-0.3, -0.25) is 0 Å². The first-order valence-corrected chi connectivity index (χ1v) is 2.89. The molecule has 1 aromatic heterocycles. The monoisotopic (exact) mass is 185 g/mol. The van der Waals surface area contributed by atoms with Crippen LogP contribution < -0.4 is 4.79 Å². The van der Waals surface area contributed by atoms with Gasteiger partial charge in [0.15, 0.2) is 0 Å². The van der Waals surface area contributed by atoms with Gasteiger partial charge in [0, 0.05) is 16.9 Å². The highest BCUT2D eigenvalue weighted by molar-refractivity contribution is 6.50. The third-order valence-electron chi connectivity index (χ3n) is 0.679. The lowest BCUT2D eigenvalue weighted by molar-refractivity contribution is -0.843. The van der Waals surface area contributed by atoms with Gasteiger partial charge in [-0.15, -0.1) is 0 Å². The lowest BCUT2D eigenvalue weighted by atomic mass is 10.3. The number of halogens is 5. The first-order valence-electron chi connectivity index (χ1n) is 2.89. The van der Waals surface area contributed by atoms with E-state index in [1.807, 2.05) is 0 Å². The molecule has 12 heavy (non-hydrogen) atoms. The second-order valence-corrected chi connectivity index (χ2v) is 1.71. The minimum Gasteiger partial charge on any atom is -0.418 e. The predicted molar refractivity (Wildman–Crippen MR) is 33.3 cm³/mol. The second kappa shape index (κ2) is 4.68. The zero-order valence-corrected chi connectivity index (χ0v) is 5.80. The Labute approximate surface area is 65.5 Å². The number of hydrogen-bond donors (Lipinski definition) is 0. The number of hydrogen-bond acceptors (Lipinski definition) is 0. The maximum absolute atomic E-state index is 11.8. The first kappa shape index (κ1) is 10.9. The van der Waals surface area contributed by atoms with Crippen molar-refractivity contribution in [2.45, 2.75) is 0 Å². The van der Waals surface area contributed by atoms with Crippen LogP contribution in [0.5, 0.6) is 0 Å². The maximum Gasteiger partial charge on any atom is 0.673 e. The first-order chi connectivity index (χ1) is 5.39. The van der Waals surface area contributed by atoms with Crippen molar-refractivity contribution in [2.24, 2.45) is 0 Å². The van der Waals surface area contributed by atoms with Crippen LogP contribution >= 0.6 is 0 Å². The summed E-state index contributed by atoms with van der Waals surface area (Å²) in [4.78, 5) is 0.500. The van der Waals surface area contributed by atoms with Gasteiger partial charge >= 0.3 is 7.25 Å². The Hall–Kier alpha value is -1.14. The van der Waals surface area contributed by atoms with E-state index in [-0.39, 0.29) is 0 Å². The van der Waals surface area contributed by atoms with Crippen LogP contribution in [0.25, 0.3) is 0 Å². The number of aromatic nitrogens is 1. The largest absolute Gasteiger partial charge is 0.673 e. The smallest absolute Gasteiger partial charge is 0.418 e. The van der Waals surface area contributed by atoms with Crippen molar-refractivity contribution in [3.05, 3.63) is 30.6 Å². The van der Waals surface area contributed by atoms with E-state index in [2.05, 4.69) is 0 Å². The zero-order chi connectivity index (χ0) is 9.61. The average molecular weight is 185 g/mol. The summed E-state index contributed by atoms with van der Waals surface area (Å²) in [6.45, 7) is 0. The Morgan fingerprint density at radius 1 is 0.833 bits per heavy atom. The predicted octanol–water partition coefficient (Wildman–Crippen LogP) is 2.01. The summed E-state index contributed by atoms with van der Waals surface area (Å²) >= 11 is 0. The van der Waals surface area contributed by atoms with Crippen molar-refractivity contribution >= 4 is 7.25 Å². The third-order valence-corrected chi connectivity index (χ3v) is 0.679. The average Bonchev–Trinajstić information content (AvgIpc) is 1.85. The molecule has 1 aromatic rings. The summed E-state index contributed by atoms with van der Waals surface area (Å²) in [5, 5.41) is 0. The molecular formula is C5H5BF5N.